The maximum atomic E-state index is 13.2. The number of ether oxygens (including phenoxy) is 2. The van der Waals surface area contributed by atoms with Gasteiger partial charge < -0.3 is 31.2 Å². The summed E-state index contributed by atoms with van der Waals surface area (Å²) in [6.07, 6.45) is 9.42. The molecule has 22 nitrogen and oxygen atoms in total. The summed E-state index contributed by atoms with van der Waals surface area (Å²) in [6.45, 7) is 11.4. The highest BCUT2D eigenvalue weighted by molar-refractivity contribution is 9.10. The van der Waals surface area contributed by atoms with Crippen LogP contribution in [0.2, 0.25) is 0 Å². The predicted molar refractivity (Wildman–Crippen MR) is 311 cm³/mol. The van der Waals surface area contributed by atoms with Crippen LogP contribution in [0.4, 0.5) is 26.9 Å². The number of amides is 2. The van der Waals surface area contributed by atoms with Crippen LogP contribution in [0.25, 0.3) is 20.9 Å². The summed E-state index contributed by atoms with van der Waals surface area (Å²) in [4.78, 5) is 57.2. The Morgan fingerprint density at radius 2 is 1.10 bits per heavy atom. The molecule has 2 saturated carbocycles. The zero-order chi connectivity index (χ0) is 57.6. The lowest BCUT2D eigenvalue weighted by Gasteiger charge is -2.28. The highest BCUT2D eigenvalue weighted by Crippen LogP contribution is 2.42. The van der Waals surface area contributed by atoms with Gasteiger partial charge in [-0.3, -0.25) is 9.59 Å². The molecule has 0 bridgehead atoms. The Labute approximate surface area is 477 Å². The Hall–Kier alpha value is -6.10. The van der Waals surface area contributed by atoms with Gasteiger partial charge in [-0.25, -0.2) is 55.2 Å². The quantitative estimate of drug-likeness (QED) is 0.0529. The summed E-state index contributed by atoms with van der Waals surface area (Å²) in [5.41, 5.74) is 6.60. The lowest BCUT2D eigenvalue weighted by atomic mass is 9.86. The highest BCUT2D eigenvalue weighted by atomic mass is 79.9. The molecule has 4 aromatic heterocycles. The van der Waals surface area contributed by atoms with Crippen molar-refractivity contribution in [3.05, 3.63) is 108 Å². The van der Waals surface area contributed by atoms with E-state index in [1.165, 1.54) is 50.2 Å². The number of carbonyl (C=O) groups excluding carboxylic acids is 2. The van der Waals surface area contributed by atoms with Crippen LogP contribution in [-0.4, -0.2) is 95.9 Å². The van der Waals surface area contributed by atoms with Crippen molar-refractivity contribution in [2.24, 2.45) is 14.1 Å². The topological polar surface area (TPSA) is 303 Å². The highest BCUT2D eigenvalue weighted by Gasteiger charge is 2.30. The Kier molecular flexibility index (Phi) is 22.3. The molecule has 0 aliphatic heterocycles. The molecule has 2 amide bonds. The van der Waals surface area contributed by atoms with Crippen LogP contribution in [0.1, 0.15) is 115 Å². The number of hydrogen-bond acceptors (Lipinski definition) is 18. The number of nitrogen functional groups attached to an aromatic ring is 1. The fourth-order valence-corrected chi connectivity index (χ4v) is 14.2. The normalized spacial score (nSPS) is 17.4. The minimum atomic E-state index is -3.80. The van der Waals surface area contributed by atoms with E-state index in [1.54, 1.807) is 70.7 Å². The zero-order valence-corrected chi connectivity index (χ0v) is 50.2. The van der Waals surface area contributed by atoms with Crippen molar-refractivity contribution in [3.8, 4) is 20.9 Å². The number of rotatable bonds is 16. The average Bonchev–Trinajstić information content (AvgIpc) is 4.23. The van der Waals surface area contributed by atoms with Gasteiger partial charge in [0.05, 0.1) is 41.8 Å². The summed E-state index contributed by atoms with van der Waals surface area (Å²) in [6, 6.07) is 16.3. The molecule has 428 valence electrons. The first-order chi connectivity index (χ1) is 37.4. The summed E-state index contributed by atoms with van der Waals surface area (Å²) in [7, 11) is -4.31. The number of nitrogens with one attached hydrogen (secondary N) is 5. The minimum Gasteiger partial charge on any atom is -0.447 e. The molecule has 0 spiro atoms. The maximum absolute atomic E-state index is 13.2. The molecule has 0 saturated heterocycles. The number of anilines is 3. The van der Waals surface area contributed by atoms with E-state index >= 15 is 0 Å². The van der Waals surface area contributed by atoms with Crippen LogP contribution in [-0.2, 0) is 43.6 Å². The second-order valence-corrected chi connectivity index (χ2v) is 25.8. The van der Waals surface area contributed by atoms with E-state index in [0.717, 1.165) is 71.1 Å². The molecule has 0 atom stereocenters. The van der Waals surface area contributed by atoms with Crippen molar-refractivity contribution >= 4 is 88.2 Å². The number of nitrogens with two attached hydrogens (primary N) is 1. The van der Waals surface area contributed by atoms with Crippen LogP contribution in [0.5, 0.6) is 0 Å². The Morgan fingerprint density at radius 1 is 0.658 bits per heavy atom. The van der Waals surface area contributed by atoms with Crippen molar-refractivity contribution in [3.63, 3.8) is 0 Å². The molecule has 4 heterocycles. The molecular formula is C52H69BrN12O10S4. The fraction of sp³-hybridized carbons (Fsp3) is 0.462. The first-order valence-electron chi connectivity index (χ1n) is 25.9. The van der Waals surface area contributed by atoms with Gasteiger partial charge in [-0.05, 0) is 115 Å². The van der Waals surface area contributed by atoms with E-state index in [0.29, 0.717) is 45.4 Å². The lowest BCUT2D eigenvalue weighted by molar-refractivity contribution is 0.108. The van der Waals surface area contributed by atoms with Crippen molar-refractivity contribution in [1.82, 2.24) is 49.6 Å². The molecule has 79 heavy (non-hydrogen) atoms. The third-order valence-corrected chi connectivity index (χ3v) is 18.5. The molecule has 0 unspecified atom stereocenters. The second-order valence-electron chi connectivity index (χ2n) is 19.3. The molecule has 2 aliphatic rings. The van der Waals surface area contributed by atoms with Crippen LogP contribution < -0.4 is 42.2 Å². The van der Waals surface area contributed by atoms with Gasteiger partial charge in [0.15, 0.2) is 5.82 Å². The van der Waals surface area contributed by atoms with Gasteiger partial charge in [-0.1, -0.05) is 41.9 Å². The third kappa shape index (κ3) is 17.9. The Bertz CT molecular complexity index is 3390. The number of nitrogens with zero attached hydrogens (tertiary/aromatic N) is 6. The Balaban J connectivity index is 0.000000224. The number of aromatic nitrogens is 6. The van der Waals surface area contributed by atoms with E-state index in [9.17, 15) is 36.0 Å². The molecule has 0 radical (unpaired) electrons. The smallest absolute Gasteiger partial charge is 0.407 e. The average molecular weight is 1230 g/mol. The molecule has 2 fully saturated rings. The number of benzene rings is 2. The number of hydrogen-bond donors (Lipinski definition) is 6. The first-order valence-corrected chi connectivity index (χ1v) is 31.2. The SMILES string of the molecule is CCNS(=O)(=O)c1cc(Br)ccc1-c1cnc(C2CCC(NC(=O)OC(C)C)CC2)s1.CCNS(=O)(=O)c1cc(Nc2ccc(=O)n(C)n2)ccc1-c1cnc(C2CCC(NC(=O)OC(C)C)CC2)s1.Cn1nc(N)ccc1=O. The maximum Gasteiger partial charge on any atom is 0.407 e. The van der Waals surface area contributed by atoms with Crippen molar-refractivity contribution in [2.45, 2.75) is 139 Å². The van der Waals surface area contributed by atoms with Crippen molar-refractivity contribution in [1.29, 1.82) is 0 Å². The number of thiazole rings is 2. The molecular weight excluding hydrogens is 1160 g/mol. The number of sulfonamides is 2. The summed E-state index contributed by atoms with van der Waals surface area (Å²) >= 11 is 6.40. The van der Waals surface area contributed by atoms with E-state index in [2.05, 4.69) is 61.5 Å². The minimum absolute atomic E-state index is 0.0744. The van der Waals surface area contributed by atoms with Gasteiger partial charge in [0.2, 0.25) is 20.0 Å². The van der Waals surface area contributed by atoms with E-state index in [4.69, 9.17) is 15.2 Å². The summed E-state index contributed by atoms with van der Waals surface area (Å²) in [5, 5.41) is 18.7. The molecule has 8 rings (SSSR count). The number of aryl methyl sites for hydroxylation is 2. The van der Waals surface area contributed by atoms with E-state index in [-0.39, 0.29) is 69.9 Å². The van der Waals surface area contributed by atoms with Gasteiger partial charge in [0, 0.05) is 96.9 Å². The largest absolute Gasteiger partial charge is 0.447 e. The molecule has 2 aromatic carbocycles. The van der Waals surface area contributed by atoms with Crippen molar-refractivity contribution < 1.29 is 35.9 Å². The second kappa shape index (κ2) is 28.4. The van der Waals surface area contributed by atoms with Crippen LogP contribution in [0.3, 0.4) is 0 Å². The number of alkyl carbamates (subject to hydrolysis) is 2. The van der Waals surface area contributed by atoms with Gasteiger partial charge in [-0.15, -0.1) is 22.7 Å². The van der Waals surface area contributed by atoms with Crippen LogP contribution in [0, 0.1) is 0 Å². The third-order valence-electron chi connectivity index (χ3n) is 12.4. The Morgan fingerprint density at radius 3 is 1.53 bits per heavy atom. The lowest BCUT2D eigenvalue weighted by Crippen LogP contribution is -2.38. The van der Waals surface area contributed by atoms with Gasteiger partial charge in [0.1, 0.15) is 5.82 Å². The fourth-order valence-electron chi connectivity index (χ4n) is 8.72. The molecule has 6 aromatic rings. The molecule has 27 heteroatoms. The van der Waals surface area contributed by atoms with Gasteiger partial charge in [-0.2, -0.15) is 10.2 Å². The van der Waals surface area contributed by atoms with Gasteiger partial charge in [0.25, 0.3) is 11.1 Å². The van der Waals surface area contributed by atoms with E-state index in [1.807, 2.05) is 39.8 Å². The summed E-state index contributed by atoms with van der Waals surface area (Å²) in [5.74, 6) is 1.33. The predicted octanol–water partition coefficient (Wildman–Crippen LogP) is 8.50. The number of carbonyl (C=O) groups is 2. The van der Waals surface area contributed by atoms with Gasteiger partial charge >= 0.3 is 12.2 Å². The molecule has 7 N–H and O–H groups in total. The van der Waals surface area contributed by atoms with E-state index < -0.39 is 20.0 Å². The first kappa shape index (κ1) is 62.1. The zero-order valence-electron chi connectivity index (χ0n) is 45.3. The monoisotopic (exact) mass is 1230 g/mol. The van der Waals surface area contributed by atoms with Crippen molar-refractivity contribution in [2.75, 3.05) is 24.1 Å². The summed E-state index contributed by atoms with van der Waals surface area (Å²) < 4.78 is 70.3. The molecule has 2 aliphatic carbocycles. The van der Waals surface area contributed by atoms with Crippen LogP contribution in [0.15, 0.2) is 96.9 Å². The van der Waals surface area contributed by atoms with Crippen LogP contribution >= 0.6 is 38.6 Å². The standard InChI is InChI=1S/C26H34N6O5S2.C21H28BrN3O4S2.C5H7N3O/c1-5-28-39(35,36)22-14-19(29-23-12-13-24(33)32(4)31-23)10-11-20(22)21-15-27-25(38-21)17-6-8-18(9-7-17)30-26(34)37-16(2)3;1-4-24-31(27,28)19-11-15(22)7-10-17(19)18-12-23-20(30-18)14-5-8-16(9-6-14)25-21(26)29-13(2)3;1-8-5(9)3-2-4(6)7-8/h10-18,28H,5-9H2,1-4H3,(H,29,31)(H,30,34);7,10-14,16,24H,4-6,8-9H2,1-3H3,(H,25,26);2-3H,1H3,(H2,6,7). The number of halogens is 1.